The van der Waals surface area contributed by atoms with E-state index in [1.807, 2.05) is 0 Å². The molecule has 0 radical (unpaired) electrons. The van der Waals surface area contributed by atoms with Crippen LogP contribution in [-0.4, -0.2) is 11.7 Å². The van der Waals surface area contributed by atoms with Gasteiger partial charge in [0.2, 0.25) is 0 Å². The van der Waals surface area contributed by atoms with Crippen molar-refractivity contribution in [3.05, 3.63) is 35.5 Å². The van der Waals surface area contributed by atoms with Crippen molar-refractivity contribution in [3.63, 3.8) is 0 Å². The van der Waals surface area contributed by atoms with Gasteiger partial charge in [-0.3, -0.25) is 0 Å². The molecule has 0 saturated heterocycles. The van der Waals surface area contributed by atoms with E-state index in [9.17, 15) is 5.11 Å². The first-order chi connectivity index (χ1) is 8.76. The van der Waals surface area contributed by atoms with Gasteiger partial charge in [-0.1, -0.05) is 49.3 Å². The molecule has 0 rings (SSSR count). The zero-order valence-corrected chi connectivity index (χ0v) is 13.6. The molecular weight excluding hydrogens is 232 g/mol. The summed E-state index contributed by atoms with van der Waals surface area (Å²) in [4.78, 5) is 0. The van der Waals surface area contributed by atoms with Crippen LogP contribution in [0.25, 0.3) is 0 Å². The van der Waals surface area contributed by atoms with E-state index in [2.05, 4.69) is 53.3 Å². The molecule has 19 heavy (non-hydrogen) atoms. The number of allylic oxidation sites excluding steroid dienone is 5. The Balaban J connectivity index is 3.97. The molecule has 0 bridgehead atoms. The molecule has 110 valence electrons. The van der Waals surface area contributed by atoms with Gasteiger partial charge in [-0.2, -0.15) is 0 Å². The standard InChI is InChI=1S/C18H32O/c1-15(2)8-7-9-16(3)10-11-17(4)12-13-18(5,6)14-19/h8,10,19H,4,7,9,11-14H2,1-3,5-6H3/b16-10+. The number of aliphatic hydroxyl groups is 1. The third kappa shape index (κ3) is 10.8. The highest BCUT2D eigenvalue weighted by molar-refractivity contribution is 5.09. The second kappa shape index (κ2) is 9.14. The summed E-state index contributed by atoms with van der Waals surface area (Å²) in [6, 6.07) is 0. The summed E-state index contributed by atoms with van der Waals surface area (Å²) in [5, 5.41) is 9.22. The van der Waals surface area contributed by atoms with E-state index in [0.29, 0.717) is 0 Å². The Morgan fingerprint density at radius 3 is 2.26 bits per heavy atom. The lowest BCUT2D eigenvalue weighted by molar-refractivity contribution is 0.150. The van der Waals surface area contributed by atoms with Gasteiger partial charge in [-0.05, 0) is 58.3 Å². The minimum absolute atomic E-state index is 0.0190. The summed E-state index contributed by atoms with van der Waals surface area (Å²) in [6.45, 7) is 15.1. The molecule has 0 aliphatic carbocycles. The third-order valence-electron chi connectivity index (χ3n) is 3.41. The van der Waals surface area contributed by atoms with E-state index in [1.165, 1.54) is 16.7 Å². The highest BCUT2D eigenvalue weighted by atomic mass is 16.3. The first-order valence-corrected chi connectivity index (χ1v) is 7.33. The van der Waals surface area contributed by atoms with Crippen LogP contribution in [0.2, 0.25) is 0 Å². The normalized spacial score (nSPS) is 12.4. The van der Waals surface area contributed by atoms with Crippen molar-refractivity contribution in [1.29, 1.82) is 0 Å². The second-order valence-electron chi connectivity index (χ2n) is 6.65. The van der Waals surface area contributed by atoms with Crippen LogP contribution in [-0.2, 0) is 0 Å². The average molecular weight is 264 g/mol. The van der Waals surface area contributed by atoms with Crippen LogP contribution in [0.5, 0.6) is 0 Å². The van der Waals surface area contributed by atoms with Gasteiger partial charge >= 0.3 is 0 Å². The van der Waals surface area contributed by atoms with Crippen molar-refractivity contribution in [1.82, 2.24) is 0 Å². The molecule has 1 nitrogen and oxygen atoms in total. The molecule has 0 atom stereocenters. The van der Waals surface area contributed by atoms with Crippen molar-refractivity contribution >= 4 is 0 Å². The molecule has 1 heteroatoms. The van der Waals surface area contributed by atoms with Gasteiger partial charge in [0.25, 0.3) is 0 Å². The summed E-state index contributed by atoms with van der Waals surface area (Å²) in [7, 11) is 0. The lowest BCUT2D eigenvalue weighted by Gasteiger charge is -2.21. The summed E-state index contributed by atoms with van der Waals surface area (Å²) in [5.41, 5.74) is 4.12. The fourth-order valence-corrected chi connectivity index (χ4v) is 1.71. The Labute approximate surface area is 120 Å². The molecule has 0 aromatic heterocycles. The summed E-state index contributed by atoms with van der Waals surface area (Å²) < 4.78 is 0. The minimum Gasteiger partial charge on any atom is -0.396 e. The van der Waals surface area contributed by atoms with E-state index in [4.69, 9.17) is 0 Å². The first kappa shape index (κ1) is 18.2. The largest absolute Gasteiger partial charge is 0.396 e. The van der Waals surface area contributed by atoms with Crippen LogP contribution in [0.1, 0.15) is 66.7 Å². The molecule has 0 aliphatic rings. The molecule has 0 spiro atoms. The number of hydrogen-bond acceptors (Lipinski definition) is 1. The monoisotopic (exact) mass is 264 g/mol. The van der Waals surface area contributed by atoms with Crippen LogP contribution in [0, 0.1) is 5.41 Å². The summed E-state index contributed by atoms with van der Waals surface area (Å²) >= 11 is 0. The van der Waals surface area contributed by atoms with Gasteiger partial charge < -0.3 is 5.11 Å². The van der Waals surface area contributed by atoms with Crippen molar-refractivity contribution in [2.75, 3.05) is 6.61 Å². The molecular formula is C18H32O. The van der Waals surface area contributed by atoms with Crippen molar-refractivity contribution in [3.8, 4) is 0 Å². The molecule has 0 saturated carbocycles. The van der Waals surface area contributed by atoms with Crippen LogP contribution >= 0.6 is 0 Å². The molecule has 0 unspecified atom stereocenters. The topological polar surface area (TPSA) is 20.2 Å². The van der Waals surface area contributed by atoms with Gasteiger partial charge in [0, 0.05) is 6.61 Å². The van der Waals surface area contributed by atoms with E-state index < -0.39 is 0 Å². The first-order valence-electron chi connectivity index (χ1n) is 7.33. The van der Waals surface area contributed by atoms with Crippen LogP contribution in [0.15, 0.2) is 35.5 Å². The number of rotatable bonds is 9. The highest BCUT2D eigenvalue weighted by Gasteiger charge is 2.15. The maximum absolute atomic E-state index is 9.22. The summed E-state index contributed by atoms with van der Waals surface area (Å²) in [6.07, 6.45) is 9.85. The third-order valence-corrected chi connectivity index (χ3v) is 3.41. The Hall–Kier alpha value is -0.820. The van der Waals surface area contributed by atoms with E-state index in [-0.39, 0.29) is 12.0 Å². The molecule has 0 aliphatic heterocycles. The van der Waals surface area contributed by atoms with Crippen LogP contribution in [0.3, 0.4) is 0 Å². The molecule has 0 aromatic carbocycles. The zero-order valence-electron chi connectivity index (χ0n) is 13.6. The number of aliphatic hydroxyl groups excluding tert-OH is 1. The van der Waals surface area contributed by atoms with E-state index in [1.54, 1.807) is 0 Å². The SMILES string of the molecule is C=C(C/C=C(\C)CCC=C(C)C)CCC(C)(C)CO. The highest BCUT2D eigenvalue weighted by Crippen LogP contribution is 2.24. The van der Waals surface area contributed by atoms with Crippen LogP contribution in [0.4, 0.5) is 0 Å². The molecule has 1 N–H and O–H groups in total. The van der Waals surface area contributed by atoms with E-state index >= 15 is 0 Å². The maximum atomic E-state index is 9.22. The van der Waals surface area contributed by atoms with Gasteiger partial charge in [0.15, 0.2) is 0 Å². The van der Waals surface area contributed by atoms with Gasteiger partial charge in [-0.25, -0.2) is 0 Å². The molecule has 0 amide bonds. The summed E-state index contributed by atoms with van der Waals surface area (Å²) in [5.74, 6) is 0. The second-order valence-corrected chi connectivity index (χ2v) is 6.65. The fraction of sp³-hybridized carbons (Fsp3) is 0.667. The maximum Gasteiger partial charge on any atom is 0.0482 e. The van der Waals surface area contributed by atoms with Gasteiger partial charge in [0.05, 0.1) is 0 Å². The fourth-order valence-electron chi connectivity index (χ4n) is 1.71. The Morgan fingerprint density at radius 1 is 1.11 bits per heavy atom. The van der Waals surface area contributed by atoms with Crippen molar-refractivity contribution in [2.24, 2.45) is 5.41 Å². The lowest BCUT2D eigenvalue weighted by Crippen LogP contribution is -2.16. The zero-order chi connectivity index (χ0) is 14.9. The Bertz CT molecular complexity index is 328. The van der Waals surface area contributed by atoms with Crippen molar-refractivity contribution < 1.29 is 5.11 Å². The van der Waals surface area contributed by atoms with Crippen LogP contribution < -0.4 is 0 Å². The Kier molecular flexibility index (Phi) is 8.75. The molecule has 0 aromatic rings. The quantitative estimate of drug-likeness (QED) is 0.551. The molecule has 0 heterocycles. The van der Waals surface area contributed by atoms with E-state index in [0.717, 1.165) is 32.1 Å². The predicted octanol–water partition coefficient (Wildman–Crippen LogP) is 5.42. The predicted molar refractivity (Wildman–Crippen MR) is 86.3 cm³/mol. The number of hydrogen-bond donors (Lipinski definition) is 1. The van der Waals surface area contributed by atoms with Crippen molar-refractivity contribution in [2.45, 2.75) is 66.7 Å². The molecule has 0 fully saturated rings. The minimum atomic E-state index is 0.0190. The Morgan fingerprint density at radius 2 is 1.74 bits per heavy atom. The van der Waals surface area contributed by atoms with Gasteiger partial charge in [0.1, 0.15) is 0 Å². The van der Waals surface area contributed by atoms with Gasteiger partial charge in [-0.15, -0.1) is 0 Å². The average Bonchev–Trinajstić information content (AvgIpc) is 2.33. The lowest BCUT2D eigenvalue weighted by atomic mass is 9.87. The smallest absolute Gasteiger partial charge is 0.0482 e.